The molecule has 21 heavy (non-hydrogen) atoms. The van der Waals surface area contributed by atoms with Gasteiger partial charge in [-0.25, -0.2) is 9.97 Å². The second kappa shape index (κ2) is 5.49. The van der Waals surface area contributed by atoms with Crippen LogP contribution in [0.5, 0.6) is 0 Å². The highest BCUT2D eigenvalue weighted by Gasteiger charge is 2.08. The van der Waals surface area contributed by atoms with Crippen LogP contribution in [-0.2, 0) is 0 Å². The number of nitrogens with zero attached hydrogens (tertiary/aromatic N) is 2. The molecular weight excluding hydrogens is 256 g/mol. The van der Waals surface area contributed by atoms with Crippen LogP contribution in [0, 0.1) is 20.8 Å². The van der Waals surface area contributed by atoms with Crippen molar-refractivity contribution in [3.8, 4) is 22.5 Å². The van der Waals surface area contributed by atoms with E-state index in [0.717, 1.165) is 11.4 Å². The zero-order chi connectivity index (χ0) is 14.8. The first-order valence-corrected chi connectivity index (χ1v) is 7.11. The lowest BCUT2D eigenvalue weighted by Gasteiger charge is -2.12. The van der Waals surface area contributed by atoms with Crippen molar-refractivity contribution in [3.63, 3.8) is 0 Å². The van der Waals surface area contributed by atoms with Gasteiger partial charge in [0, 0.05) is 18.0 Å². The fraction of sp³-hybridized carbons (Fsp3) is 0.158. The van der Waals surface area contributed by atoms with Crippen molar-refractivity contribution < 1.29 is 0 Å². The van der Waals surface area contributed by atoms with Crippen LogP contribution in [0.25, 0.3) is 22.5 Å². The monoisotopic (exact) mass is 274 g/mol. The van der Waals surface area contributed by atoms with Crippen molar-refractivity contribution in [1.82, 2.24) is 9.97 Å². The molecule has 0 saturated heterocycles. The third-order valence-corrected chi connectivity index (χ3v) is 3.65. The largest absolute Gasteiger partial charge is 0.237 e. The summed E-state index contributed by atoms with van der Waals surface area (Å²) in [5, 5.41) is 0. The fourth-order valence-corrected chi connectivity index (χ4v) is 2.90. The van der Waals surface area contributed by atoms with E-state index in [4.69, 9.17) is 0 Å². The van der Waals surface area contributed by atoms with Gasteiger partial charge in [0.25, 0.3) is 0 Å². The Morgan fingerprint density at radius 1 is 0.714 bits per heavy atom. The molecular formula is C19H18N2. The lowest BCUT2D eigenvalue weighted by Crippen LogP contribution is -1.92. The van der Waals surface area contributed by atoms with Gasteiger partial charge in [-0.05, 0) is 55.2 Å². The molecule has 3 rings (SSSR count). The molecule has 2 aromatic carbocycles. The van der Waals surface area contributed by atoms with Crippen molar-refractivity contribution in [3.05, 3.63) is 71.5 Å². The molecule has 0 aliphatic carbocycles. The summed E-state index contributed by atoms with van der Waals surface area (Å²) in [5.41, 5.74) is 7.48. The highest BCUT2D eigenvalue weighted by molar-refractivity contribution is 5.75. The van der Waals surface area contributed by atoms with Gasteiger partial charge in [0.05, 0.1) is 0 Å². The van der Waals surface area contributed by atoms with Crippen LogP contribution in [-0.4, -0.2) is 9.97 Å². The zero-order valence-corrected chi connectivity index (χ0v) is 12.6. The van der Waals surface area contributed by atoms with Gasteiger partial charge >= 0.3 is 0 Å². The minimum atomic E-state index is 0.766. The highest BCUT2D eigenvalue weighted by Crippen LogP contribution is 2.30. The molecule has 0 radical (unpaired) electrons. The van der Waals surface area contributed by atoms with Crippen LogP contribution >= 0.6 is 0 Å². The van der Waals surface area contributed by atoms with E-state index in [2.05, 4.69) is 67.1 Å². The third-order valence-electron chi connectivity index (χ3n) is 3.65. The fourth-order valence-electron chi connectivity index (χ4n) is 2.90. The van der Waals surface area contributed by atoms with Crippen LogP contribution in [0.15, 0.2) is 54.9 Å². The van der Waals surface area contributed by atoms with E-state index in [1.54, 1.807) is 12.4 Å². The molecule has 0 N–H and O–H groups in total. The number of aromatic nitrogens is 2. The Labute approximate surface area is 125 Å². The van der Waals surface area contributed by atoms with Crippen LogP contribution in [0.4, 0.5) is 0 Å². The first-order valence-electron chi connectivity index (χ1n) is 7.11. The number of rotatable bonds is 2. The second-order valence-corrected chi connectivity index (χ2v) is 5.43. The zero-order valence-electron chi connectivity index (χ0n) is 12.6. The number of hydrogen-bond acceptors (Lipinski definition) is 2. The van der Waals surface area contributed by atoms with Gasteiger partial charge in [-0.1, -0.05) is 35.9 Å². The van der Waals surface area contributed by atoms with E-state index in [1.807, 2.05) is 6.07 Å². The predicted molar refractivity (Wildman–Crippen MR) is 87.1 cm³/mol. The Morgan fingerprint density at radius 3 is 2.00 bits per heavy atom. The average Bonchev–Trinajstić information content (AvgIpc) is 2.47. The highest BCUT2D eigenvalue weighted by atomic mass is 14.8. The smallest absolute Gasteiger partial charge is 0.159 e. The molecule has 2 nitrogen and oxygen atoms in total. The molecule has 0 aliphatic heterocycles. The van der Waals surface area contributed by atoms with Crippen molar-refractivity contribution in [2.45, 2.75) is 20.8 Å². The Balaban J connectivity index is 2.13. The number of benzene rings is 2. The van der Waals surface area contributed by atoms with E-state index in [-0.39, 0.29) is 0 Å². The Morgan fingerprint density at radius 2 is 1.33 bits per heavy atom. The van der Waals surface area contributed by atoms with Crippen LogP contribution in [0.3, 0.4) is 0 Å². The van der Waals surface area contributed by atoms with Gasteiger partial charge in [0.15, 0.2) is 5.82 Å². The lowest BCUT2D eigenvalue weighted by atomic mass is 9.93. The molecule has 0 aliphatic rings. The standard InChI is InChI=1S/C19H18N2/c1-13-10-14(2)18(15(3)11-13)16-6-4-7-17(12-16)19-20-8-5-9-21-19/h4-12H,1-3H3. The first kappa shape index (κ1) is 13.5. The second-order valence-electron chi connectivity index (χ2n) is 5.43. The first-order chi connectivity index (χ1) is 10.1. The van der Waals surface area contributed by atoms with Gasteiger partial charge in [0.2, 0.25) is 0 Å². The van der Waals surface area contributed by atoms with Crippen molar-refractivity contribution >= 4 is 0 Å². The van der Waals surface area contributed by atoms with Crippen molar-refractivity contribution in [2.24, 2.45) is 0 Å². The quantitative estimate of drug-likeness (QED) is 0.674. The third kappa shape index (κ3) is 2.70. The Bertz CT molecular complexity index is 754. The summed E-state index contributed by atoms with van der Waals surface area (Å²) in [6.45, 7) is 6.47. The van der Waals surface area contributed by atoms with Crippen LogP contribution in [0.1, 0.15) is 16.7 Å². The summed E-state index contributed by atoms with van der Waals surface area (Å²) in [5.74, 6) is 0.766. The van der Waals surface area contributed by atoms with Crippen LogP contribution < -0.4 is 0 Å². The van der Waals surface area contributed by atoms with E-state index < -0.39 is 0 Å². The summed E-state index contributed by atoms with van der Waals surface area (Å²) in [7, 11) is 0. The molecule has 104 valence electrons. The number of hydrogen-bond donors (Lipinski definition) is 0. The minimum absolute atomic E-state index is 0.766. The minimum Gasteiger partial charge on any atom is -0.237 e. The molecule has 0 atom stereocenters. The molecule has 1 heterocycles. The SMILES string of the molecule is Cc1cc(C)c(-c2cccc(-c3ncccn3)c2)c(C)c1. The van der Waals surface area contributed by atoms with Crippen LogP contribution in [0.2, 0.25) is 0 Å². The van der Waals surface area contributed by atoms with E-state index in [1.165, 1.54) is 27.8 Å². The molecule has 2 heteroatoms. The van der Waals surface area contributed by atoms with Gasteiger partial charge < -0.3 is 0 Å². The summed E-state index contributed by atoms with van der Waals surface area (Å²) < 4.78 is 0. The average molecular weight is 274 g/mol. The van der Waals surface area contributed by atoms with E-state index in [0.29, 0.717) is 0 Å². The summed E-state index contributed by atoms with van der Waals surface area (Å²) in [6.07, 6.45) is 3.55. The topological polar surface area (TPSA) is 25.8 Å². The maximum Gasteiger partial charge on any atom is 0.159 e. The predicted octanol–water partition coefficient (Wildman–Crippen LogP) is 4.74. The molecule has 3 aromatic rings. The molecule has 0 bridgehead atoms. The van der Waals surface area contributed by atoms with Crippen molar-refractivity contribution in [2.75, 3.05) is 0 Å². The van der Waals surface area contributed by atoms with Gasteiger partial charge in [-0.2, -0.15) is 0 Å². The summed E-state index contributed by atoms with van der Waals surface area (Å²) in [6, 6.07) is 14.7. The molecule has 0 amide bonds. The molecule has 0 fully saturated rings. The molecule has 1 aromatic heterocycles. The van der Waals surface area contributed by atoms with Gasteiger partial charge in [-0.3, -0.25) is 0 Å². The maximum absolute atomic E-state index is 4.33. The van der Waals surface area contributed by atoms with Gasteiger partial charge in [0.1, 0.15) is 0 Å². The Kier molecular flexibility index (Phi) is 3.53. The molecule has 0 unspecified atom stereocenters. The number of aryl methyl sites for hydroxylation is 3. The van der Waals surface area contributed by atoms with Crippen molar-refractivity contribution in [1.29, 1.82) is 0 Å². The molecule has 0 spiro atoms. The van der Waals surface area contributed by atoms with E-state index in [9.17, 15) is 0 Å². The lowest BCUT2D eigenvalue weighted by molar-refractivity contribution is 1.18. The van der Waals surface area contributed by atoms with E-state index >= 15 is 0 Å². The molecule has 0 saturated carbocycles. The van der Waals surface area contributed by atoms with Gasteiger partial charge in [-0.15, -0.1) is 0 Å². The Hall–Kier alpha value is -2.48. The summed E-state index contributed by atoms with van der Waals surface area (Å²) in [4.78, 5) is 8.66. The summed E-state index contributed by atoms with van der Waals surface area (Å²) >= 11 is 0. The normalized spacial score (nSPS) is 10.6. The maximum atomic E-state index is 4.33.